The van der Waals surface area contributed by atoms with Gasteiger partial charge in [0.15, 0.2) is 0 Å². The molecule has 0 N–H and O–H groups in total. The fraction of sp³-hybridized carbons (Fsp3) is 0. The van der Waals surface area contributed by atoms with Gasteiger partial charge in [0.25, 0.3) is 0 Å². The van der Waals surface area contributed by atoms with E-state index < -0.39 is 0 Å². The Morgan fingerprint density at radius 2 is 0.814 bits per heavy atom. The van der Waals surface area contributed by atoms with Crippen LogP contribution in [0.25, 0.3) is 93.2 Å². The lowest BCUT2D eigenvalue weighted by Crippen LogP contribution is -2.09. The lowest BCUT2D eigenvalue weighted by Gasteiger charge is -2.26. The molecular weight excluding hydrogens is 717 g/mol. The largest absolute Gasteiger partial charge is 0.456 e. The number of para-hydroxylation sites is 2. The molecule has 0 unspecified atom stereocenters. The minimum Gasteiger partial charge on any atom is -0.456 e. The summed E-state index contributed by atoms with van der Waals surface area (Å²) in [6.45, 7) is 0. The SMILES string of the molecule is c1ccc2c(-c3ccc(N(c4ccc(-c5cccc6ccccc56)cc4)c4ccc5c(c4)oc4cccc(-n6c7ccccc7c7ccccc76)c45)cc3)cccc2c1. The molecule has 0 fully saturated rings. The molecule has 0 radical (unpaired) electrons. The minimum absolute atomic E-state index is 0.843. The van der Waals surface area contributed by atoms with Crippen LogP contribution < -0.4 is 4.90 Å². The number of aromatic nitrogens is 1. The summed E-state index contributed by atoms with van der Waals surface area (Å²) in [5.41, 5.74) is 13.1. The molecule has 12 aromatic rings. The summed E-state index contributed by atoms with van der Waals surface area (Å²) < 4.78 is 9.16. The zero-order valence-corrected chi connectivity index (χ0v) is 32.1. The highest BCUT2D eigenvalue weighted by Gasteiger charge is 2.20. The van der Waals surface area contributed by atoms with Crippen molar-refractivity contribution in [2.24, 2.45) is 0 Å². The van der Waals surface area contributed by atoms with Crippen molar-refractivity contribution in [3.8, 4) is 27.9 Å². The Bertz CT molecular complexity index is 3370. The normalized spacial score (nSPS) is 11.7. The van der Waals surface area contributed by atoms with Gasteiger partial charge in [-0.1, -0.05) is 152 Å². The first-order valence-electron chi connectivity index (χ1n) is 20.2. The van der Waals surface area contributed by atoms with Gasteiger partial charge in [0, 0.05) is 39.3 Å². The quantitative estimate of drug-likeness (QED) is 0.169. The molecule has 0 aliphatic rings. The highest BCUT2D eigenvalue weighted by molar-refractivity contribution is 6.15. The van der Waals surface area contributed by atoms with E-state index in [0.717, 1.165) is 44.7 Å². The van der Waals surface area contributed by atoms with E-state index in [1.807, 2.05) is 0 Å². The van der Waals surface area contributed by atoms with E-state index in [4.69, 9.17) is 4.42 Å². The monoisotopic (exact) mass is 752 g/mol. The number of hydrogen-bond donors (Lipinski definition) is 0. The van der Waals surface area contributed by atoms with Crippen LogP contribution in [0.15, 0.2) is 223 Å². The second-order valence-electron chi connectivity index (χ2n) is 15.3. The third-order valence-corrected chi connectivity index (χ3v) is 12.0. The lowest BCUT2D eigenvalue weighted by molar-refractivity contribution is 0.669. The van der Waals surface area contributed by atoms with Gasteiger partial charge in [0.2, 0.25) is 0 Å². The molecule has 276 valence electrons. The number of furan rings is 1. The first-order chi connectivity index (χ1) is 29.3. The molecule has 0 spiro atoms. The van der Waals surface area contributed by atoms with E-state index in [-0.39, 0.29) is 0 Å². The van der Waals surface area contributed by atoms with Gasteiger partial charge in [0.05, 0.1) is 22.1 Å². The zero-order valence-electron chi connectivity index (χ0n) is 32.1. The Kier molecular flexibility index (Phi) is 7.54. The summed E-state index contributed by atoms with van der Waals surface area (Å²) in [4.78, 5) is 2.33. The fourth-order valence-electron chi connectivity index (χ4n) is 9.28. The molecule has 0 saturated carbocycles. The van der Waals surface area contributed by atoms with Crippen LogP contribution in [0.4, 0.5) is 17.1 Å². The average Bonchev–Trinajstić information content (AvgIpc) is 3.85. The van der Waals surface area contributed by atoms with E-state index >= 15 is 0 Å². The topological polar surface area (TPSA) is 21.3 Å². The molecular formula is C56H36N2O. The standard InChI is InChI=1S/C56H36N2O/c1-3-16-44-37(12-1)14-9-20-46(44)39-26-30-41(31-27-39)57(42-32-28-40(29-33-42)47-21-10-15-38-13-2-4-17-45(38)47)43-34-35-50-55(36-43)59-54-25-11-24-53(56(50)54)58-51-22-7-5-18-48(51)49-19-6-8-23-52(49)58/h1-36H. The van der Waals surface area contributed by atoms with Gasteiger partial charge in [-0.25, -0.2) is 0 Å². The van der Waals surface area contributed by atoms with Gasteiger partial charge in [-0.15, -0.1) is 0 Å². The van der Waals surface area contributed by atoms with Crippen LogP contribution in [0.3, 0.4) is 0 Å². The van der Waals surface area contributed by atoms with Crippen LogP contribution >= 0.6 is 0 Å². The first kappa shape index (κ1) is 33.3. The molecule has 2 heterocycles. The van der Waals surface area contributed by atoms with Gasteiger partial charge in [-0.3, -0.25) is 0 Å². The third-order valence-electron chi connectivity index (χ3n) is 12.0. The number of benzene rings is 10. The zero-order chi connectivity index (χ0) is 38.9. The molecule has 59 heavy (non-hydrogen) atoms. The van der Waals surface area contributed by atoms with Crippen LogP contribution in [-0.4, -0.2) is 4.57 Å². The van der Waals surface area contributed by atoms with Crippen molar-refractivity contribution >= 4 is 82.4 Å². The summed E-state index contributed by atoms with van der Waals surface area (Å²) in [6, 6.07) is 78.6. The van der Waals surface area contributed by atoms with E-state index in [0.29, 0.717) is 0 Å². The van der Waals surface area contributed by atoms with Gasteiger partial charge < -0.3 is 13.9 Å². The third kappa shape index (κ3) is 5.36. The van der Waals surface area contributed by atoms with Crippen LogP contribution in [0.5, 0.6) is 0 Å². The molecule has 0 amide bonds. The molecule has 0 saturated heterocycles. The molecule has 3 heteroatoms. The summed E-state index contributed by atoms with van der Waals surface area (Å²) in [7, 11) is 0. The maximum Gasteiger partial charge on any atom is 0.137 e. The van der Waals surface area contributed by atoms with Crippen molar-refractivity contribution in [2.75, 3.05) is 4.90 Å². The number of rotatable bonds is 6. The van der Waals surface area contributed by atoms with Crippen molar-refractivity contribution in [1.82, 2.24) is 4.57 Å². The average molecular weight is 753 g/mol. The van der Waals surface area contributed by atoms with Crippen LogP contribution in [-0.2, 0) is 0 Å². The van der Waals surface area contributed by atoms with Crippen molar-refractivity contribution in [3.05, 3.63) is 218 Å². The van der Waals surface area contributed by atoms with E-state index in [1.54, 1.807) is 0 Å². The molecule has 0 atom stereocenters. The highest BCUT2D eigenvalue weighted by atomic mass is 16.3. The van der Waals surface area contributed by atoms with Crippen LogP contribution in [0.2, 0.25) is 0 Å². The second-order valence-corrected chi connectivity index (χ2v) is 15.3. The van der Waals surface area contributed by atoms with Gasteiger partial charge in [0.1, 0.15) is 11.2 Å². The number of fused-ring (bicyclic) bond motifs is 8. The van der Waals surface area contributed by atoms with Gasteiger partial charge in [-0.05, 0) is 104 Å². The minimum atomic E-state index is 0.843. The molecule has 10 aromatic carbocycles. The Hall–Kier alpha value is -7.88. The summed E-state index contributed by atoms with van der Waals surface area (Å²) in [5, 5.41) is 9.64. The smallest absolute Gasteiger partial charge is 0.137 e. The molecule has 12 rings (SSSR count). The predicted octanol–water partition coefficient (Wildman–Crippen LogP) is 15.8. The predicted molar refractivity (Wildman–Crippen MR) is 249 cm³/mol. The maximum atomic E-state index is 6.77. The Morgan fingerprint density at radius 1 is 0.339 bits per heavy atom. The maximum absolute atomic E-state index is 6.77. The van der Waals surface area contributed by atoms with Crippen molar-refractivity contribution < 1.29 is 4.42 Å². The molecule has 2 aromatic heterocycles. The summed E-state index contributed by atoms with van der Waals surface area (Å²) in [5.74, 6) is 0. The van der Waals surface area contributed by atoms with Crippen LogP contribution in [0, 0.1) is 0 Å². The van der Waals surface area contributed by atoms with Gasteiger partial charge >= 0.3 is 0 Å². The first-order valence-corrected chi connectivity index (χ1v) is 20.2. The molecule has 3 nitrogen and oxygen atoms in total. The number of nitrogens with zero attached hydrogens (tertiary/aromatic N) is 2. The molecule has 0 aliphatic carbocycles. The van der Waals surface area contributed by atoms with E-state index in [2.05, 4.69) is 228 Å². The van der Waals surface area contributed by atoms with Crippen molar-refractivity contribution in [3.63, 3.8) is 0 Å². The second kappa shape index (κ2) is 13.4. The molecule has 0 aliphatic heterocycles. The number of anilines is 3. The van der Waals surface area contributed by atoms with E-state index in [1.165, 1.54) is 65.6 Å². The Labute approximate surface area is 341 Å². The summed E-state index contributed by atoms with van der Waals surface area (Å²) >= 11 is 0. The Balaban J connectivity index is 1.01. The van der Waals surface area contributed by atoms with Gasteiger partial charge in [-0.2, -0.15) is 0 Å². The van der Waals surface area contributed by atoms with Crippen LogP contribution in [0.1, 0.15) is 0 Å². The highest BCUT2D eigenvalue weighted by Crippen LogP contribution is 2.43. The lowest BCUT2D eigenvalue weighted by atomic mass is 9.97. The number of hydrogen-bond acceptors (Lipinski definition) is 2. The van der Waals surface area contributed by atoms with E-state index in [9.17, 15) is 0 Å². The Morgan fingerprint density at radius 3 is 1.39 bits per heavy atom. The van der Waals surface area contributed by atoms with Crippen molar-refractivity contribution in [1.29, 1.82) is 0 Å². The van der Waals surface area contributed by atoms with Crippen molar-refractivity contribution in [2.45, 2.75) is 0 Å². The molecule has 0 bridgehead atoms. The summed E-state index contributed by atoms with van der Waals surface area (Å²) in [6.07, 6.45) is 0. The fourth-order valence-corrected chi connectivity index (χ4v) is 9.28.